The molecule has 0 saturated heterocycles. The molecule has 0 radical (unpaired) electrons. The van der Waals surface area contributed by atoms with Crippen LogP contribution >= 0.6 is 7.75 Å². The van der Waals surface area contributed by atoms with Crippen molar-refractivity contribution in [1.82, 2.24) is 10.2 Å². The van der Waals surface area contributed by atoms with Crippen LogP contribution in [0.3, 0.4) is 0 Å². The summed E-state index contributed by atoms with van der Waals surface area (Å²) < 4.78 is 24.8. The predicted molar refractivity (Wildman–Crippen MR) is 101 cm³/mol. The second kappa shape index (κ2) is 6.94. The summed E-state index contributed by atoms with van der Waals surface area (Å²) in [6.45, 7) is 0. The molecule has 0 saturated carbocycles. The van der Waals surface area contributed by atoms with Crippen molar-refractivity contribution >= 4 is 24.5 Å². The fourth-order valence-corrected chi connectivity index (χ4v) is 3.84. The Balaban J connectivity index is 1.68. The monoisotopic (exact) mass is 365 g/mol. The van der Waals surface area contributed by atoms with E-state index in [4.69, 9.17) is 9.05 Å². The first-order valence-electron chi connectivity index (χ1n) is 8.03. The maximum absolute atomic E-state index is 13.5. The van der Waals surface area contributed by atoms with Gasteiger partial charge in [0.2, 0.25) is 0 Å². The number of anilines is 1. The Bertz CT molecular complexity index is 1010. The SMILES string of the molecule is O=P(Nc1n[nH]c2ccccc12)(Oc1ccccc1)Oc1ccccc1. The molecule has 2 N–H and O–H groups in total. The highest BCUT2D eigenvalue weighted by Crippen LogP contribution is 2.48. The normalized spacial score (nSPS) is 11.2. The third kappa shape index (κ3) is 3.55. The number of nitrogens with one attached hydrogen (secondary N) is 2. The molecule has 0 aliphatic heterocycles. The van der Waals surface area contributed by atoms with Gasteiger partial charge >= 0.3 is 7.75 Å². The van der Waals surface area contributed by atoms with Crippen LogP contribution in [-0.2, 0) is 4.57 Å². The van der Waals surface area contributed by atoms with Crippen LogP contribution in [0.5, 0.6) is 11.5 Å². The Hall–Kier alpha value is -3.24. The Morgan fingerprint density at radius 3 is 1.92 bits per heavy atom. The maximum Gasteiger partial charge on any atom is 0.542 e. The van der Waals surface area contributed by atoms with Gasteiger partial charge in [-0.05, 0) is 36.4 Å². The Kier molecular flexibility index (Phi) is 4.33. The largest absolute Gasteiger partial charge is 0.542 e. The average Bonchev–Trinajstić information content (AvgIpc) is 3.06. The molecule has 7 heteroatoms. The van der Waals surface area contributed by atoms with Crippen molar-refractivity contribution in [2.45, 2.75) is 0 Å². The van der Waals surface area contributed by atoms with Crippen LogP contribution in [0.4, 0.5) is 5.82 Å². The number of para-hydroxylation sites is 3. The number of aromatic nitrogens is 2. The maximum atomic E-state index is 13.5. The van der Waals surface area contributed by atoms with E-state index in [0.717, 1.165) is 10.9 Å². The molecule has 0 atom stereocenters. The van der Waals surface area contributed by atoms with Crippen molar-refractivity contribution in [3.8, 4) is 11.5 Å². The third-order valence-electron chi connectivity index (χ3n) is 3.65. The molecule has 1 heterocycles. The van der Waals surface area contributed by atoms with Gasteiger partial charge in [0.05, 0.1) is 5.52 Å². The van der Waals surface area contributed by atoms with E-state index in [2.05, 4.69) is 15.3 Å². The number of nitrogens with zero attached hydrogens (tertiary/aromatic N) is 1. The summed E-state index contributed by atoms with van der Waals surface area (Å²) >= 11 is 0. The van der Waals surface area contributed by atoms with Crippen molar-refractivity contribution in [3.05, 3.63) is 84.9 Å². The molecule has 0 unspecified atom stereocenters. The van der Waals surface area contributed by atoms with Crippen LogP contribution in [0.1, 0.15) is 0 Å². The smallest absolute Gasteiger partial charge is 0.400 e. The zero-order chi connectivity index (χ0) is 17.8. The summed E-state index contributed by atoms with van der Waals surface area (Å²) in [5.74, 6) is 1.26. The van der Waals surface area contributed by atoms with Crippen LogP contribution in [0, 0.1) is 0 Å². The zero-order valence-corrected chi connectivity index (χ0v) is 14.6. The minimum Gasteiger partial charge on any atom is -0.400 e. The van der Waals surface area contributed by atoms with E-state index in [1.165, 1.54) is 0 Å². The lowest BCUT2D eigenvalue weighted by Crippen LogP contribution is -2.10. The molecule has 1 aromatic heterocycles. The number of hydrogen-bond donors (Lipinski definition) is 2. The van der Waals surface area contributed by atoms with Crippen LogP contribution in [-0.4, -0.2) is 10.2 Å². The van der Waals surface area contributed by atoms with Gasteiger partial charge in [-0.1, -0.05) is 48.5 Å². The van der Waals surface area contributed by atoms with Gasteiger partial charge in [0.15, 0.2) is 5.82 Å². The van der Waals surface area contributed by atoms with Gasteiger partial charge in [-0.25, -0.2) is 4.57 Å². The Morgan fingerprint density at radius 2 is 1.31 bits per heavy atom. The van der Waals surface area contributed by atoms with E-state index in [0.29, 0.717) is 17.3 Å². The van der Waals surface area contributed by atoms with E-state index in [1.807, 2.05) is 36.4 Å². The first kappa shape index (κ1) is 16.2. The summed E-state index contributed by atoms with van der Waals surface area (Å²) in [6, 6.07) is 25.3. The molecule has 0 fully saturated rings. The highest BCUT2D eigenvalue weighted by molar-refractivity contribution is 7.56. The molecule has 0 spiro atoms. The van der Waals surface area contributed by atoms with Crippen molar-refractivity contribution in [3.63, 3.8) is 0 Å². The molecule has 4 rings (SSSR count). The molecule has 0 aliphatic carbocycles. The zero-order valence-electron chi connectivity index (χ0n) is 13.7. The summed E-state index contributed by atoms with van der Waals surface area (Å²) in [5, 5.41) is 10.7. The van der Waals surface area contributed by atoms with Gasteiger partial charge in [-0.15, -0.1) is 0 Å². The highest BCUT2D eigenvalue weighted by atomic mass is 31.2. The van der Waals surface area contributed by atoms with Crippen LogP contribution in [0.2, 0.25) is 0 Å². The third-order valence-corrected chi connectivity index (χ3v) is 5.04. The molecule has 130 valence electrons. The van der Waals surface area contributed by atoms with Gasteiger partial charge in [-0.2, -0.15) is 5.10 Å². The Labute approximate surface area is 150 Å². The minimum absolute atomic E-state index is 0.399. The van der Waals surface area contributed by atoms with Gasteiger partial charge < -0.3 is 9.05 Å². The fourth-order valence-electron chi connectivity index (χ4n) is 2.48. The van der Waals surface area contributed by atoms with Crippen molar-refractivity contribution in [1.29, 1.82) is 0 Å². The standard InChI is InChI=1S/C19H16N3O3P/c23-26(24-15-9-3-1-4-10-15,25-16-11-5-2-6-12-16)22-19-17-13-7-8-14-18(17)20-21-19/h1-14H,(H2,20,21,22,23). The second-order valence-corrected chi connectivity index (χ2v) is 7.12. The predicted octanol–water partition coefficient (Wildman–Crippen LogP) is 5.24. The summed E-state index contributed by atoms with van der Waals surface area (Å²) in [7, 11) is -3.79. The fraction of sp³-hybridized carbons (Fsp3) is 0. The van der Waals surface area contributed by atoms with Gasteiger partial charge in [0.1, 0.15) is 11.5 Å². The number of hydrogen-bond acceptors (Lipinski definition) is 4. The first-order valence-corrected chi connectivity index (χ1v) is 9.57. The summed E-state index contributed by atoms with van der Waals surface area (Å²) in [6.07, 6.45) is 0. The molecule has 3 aromatic carbocycles. The van der Waals surface area contributed by atoms with E-state index < -0.39 is 7.75 Å². The number of rotatable bonds is 6. The molecule has 0 amide bonds. The lowest BCUT2D eigenvalue weighted by Gasteiger charge is -2.20. The lowest BCUT2D eigenvalue weighted by atomic mass is 10.2. The average molecular weight is 365 g/mol. The molecule has 0 bridgehead atoms. The van der Waals surface area contributed by atoms with Crippen LogP contribution in [0.25, 0.3) is 10.9 Å². The van der Waals surface area contributed by atoms with Crippen LogP contribution in [0.15, 0.2) is 84.9 Å². The van der Waals surface area contributed by atoms with Gasteiger partial charge in [0.25, 0.3) is 0 Å². The summed E-state index contributed by atoms with van der Waals surface area (Å²) in [4.78, 5) is 0. The van der Waals surface area contributed by atoms with E-state index in [1.54, 1.807) is 48.5 Å². The van der Waals surface area contributed by atoms with Crippen molar-refractivity contribution < 1.29 is 13.6 Å². The van der Waals surface area contributed by atoms with Gasteiger partial charge in [-0.3, -0.25) is 10.2 Å². The first-order chi connectivity index (χ1) is 12.7. The number of benzene rings is 3. The molecule has 0 aliphatic rings. The molecular weight excluding hydrogens is 349 g/mol. The van der Waals surface area contributed by atoms with Gasteiger partial charge in [0, 0.05) is 5.39 Å². The molecular formula is C19H16N3O3P. The molecule has 6 nitrogen and oxygen atoms in total. The van der Waals surface area contributed by atoms with Crippen LogP contribution < -0.4 is 14.1 Å². The number of fused-ring (bicyclic) bond motifs is 1. The number of H-pyrrole nitrogens is 1. The van der Waals surface area contributed by atoms with Crippen molar-refractivity contribution in [2.24, 2.45) is 0 Å². The summed E-state index contributed by atoms with van der Waals surface area (Å²) in [5.41, 5.74) is 0.820. The lowest BCUT2D eigenvalue weighted by molar-refractivity contribution is 0.392. The van der Waals surface area contributed by atoms with E-state index in [-0.39, 0.29) is 0 Å². The molecule has 4 aromatic rings. The highest BCUT2D eigenvalue weighted by Gasteiger charge is 2.30. The second-order valence-electron chi connectivity index (χ2n) is 5.54. The quantitative estimate of drug-likeness (QED) is 0.457. The number of aromatic amines is 1. The topological polar surface area (TPSA) is 76.2 Å². The van der Waals surface area contributed by atoms with E-state index in [9.17, 15) is 4.57 Å². The molecule has 26 heavy (non-hydrogen) atoms. The Morgan fingerprint density at radius 1 is 0.769 bits per heavy atom. The van der Waals surface area contributed by atoms with Crippen molar-refractivity contribution in [2.75, 3.05) is 5.09 Å². The van der Waals surface area contributed by atoms with E-state index >= 15 is 0 Å². The minimum atomic E-state index is -3.79.